The van der Waals surface area contributed by atoms with Gasteiger partial charge in [0.15, 0.2) is 17.5 Å². The van der Waals surface area contributed by atoms with Gasteiger partial charge in [0.2, 0.25) is 10.0 Å². The highest BCUT2D eigenvalue weighted by molar-refractivity contribution is 14.0. The number of fused-ring (bicyclic) bond motifs is 1. The molecule has 1 heterocycles. The number of nitrogens with zero attached hydrogens (tertiary/aromatic N) is 1. The van der Waals surface area contributed by atoms with Gasteiger partial charge in [-0.05, 0) is 19.1 Å². The van der Waals surface area contributed by atoms with Gasteiger partial charge in [-0.25, -0.2) is 13.1 Å². The van der Waals surface area contributed by atoms with E-state index in [9.17, 15) is 8.42 Å². The molecule has 10 heteroatoms. The van der Waals surface area contributed by atoms with E-state index < -0.39 is 10.0 Å². The minimum absolute atomic E-state index is 0. The molecule has 0 radical (unpaired) electrons. The number of sulfonamides is 1. The summed E-state index contributed by atoms with van der Waals surface area (Å²) in [4.78, 5) is 4.07. The van der Waals surface area contributed by atoms with E-state index >= 15 is 0 Å². The lowest BCUT2D eigenvalue weighted by Crippen LogP contribution is -2.29. The molecule has 8 nitrogen and oxygen atoms in total. The summed E-state index contributed by atoms with van der Waals surface area (Å²) in [7, 11) is -3.20. The third-order valence-corrected chi connectivity index (χ3v) is 4.52. The maximum Gasteiger partial charge on any atom is 0.211 e. The van der Waals surface area contributed by atoms with Crippen LogP contribution in [0.1, 0.15) is 13.3 Å². The summed E-state index contributed by atoms with van der Waals surface area (Å²) < 4.78 is 36.1. The van der Waals surface area contributed by atoms with Crippen molar-refractivity contribution in [1.29, 1.82) is 0 Å². The van der Waals surface area contributed by atoms with E-state index in [-0.39, 0.29) is 48.8 Å². The van der Waals surface area contributed by atoms with Crippen molar-refractivity contribution in [1.82, 2.24) is 4.72 Å². The normalized spacial score (nSPS) is 14.5. The van der Waals surface area contributed by atoms with Gasteiger partial charge < -0.3 is 20.5 Å². The molecular weight excluding hydrogens is 447 g/mol. The molecule has 0 saturated carbocycles. The first-order valence-electron chi connectivity index (χ1n) is 7.44. The molecule has 1 aromatic rings. The molecule has 0 amide bonds. The van der Waals surface area contributed by atoms with Crippen LogP contribution in [0.15, 0.2) is 23.2 Å². The Hall–Kier alpha value is -1.27. The number of halogens is 1. The number of guanidine groups is 1. The first-order valence-corrected chi connectivity index (χ1v) is 9.09. The van der Waals surface area contributed by atoms with Gasteiger partial charge in [-0.1, -0.05) is 0 Å². The molecule has 0 aliphatic carbocycles. The number of hydrogen-bond acceptors (Lipinski definition) is 5. The van der Waals surface area contributed by atoms with Gasteiger partial charge >= 0.3 is 0 Å². The Balaban J connectivity index is 0.00000288. The zero-order valence-electron chi connectivity index (χ0n) is 13.4. The van der Waals surface area contributed by atoms with Gasteiger partial charge in [0.1, 0.15) is 0 Å². The van der Waals surface area contributed by atoms with Crippen molar-refractivity contribution in [2.75, 3.05) is 37.4 Å². The van der Waals surface area contributed by atoms with E-state index in [2.05, 4.69) is 15.0 Å². The standard InChI is InChI=1S/C14H22N4O4S.HI/c1-2-23(19,20)17-7-6-16-14(15)18-11-4-5-12-13(10-11)22-9-3-8-21-12;/h4-5,10,17H,2-3,6-9H2,1H3,(H3,15,16,18);1H. The molecule has 1 aromatic carbocycles. The Bertz CT molecular complexity index is 667. The fourth-order valence-electron chi connectivity index (χ4n) is 1.91. The van der Waals surface area contributed by atoms with E-state index in [4.69, 9.17) is 15.2 Å². The molecule has 0 fully saturated rings. The molecule has 136 valence electrons. The summed E-state index contributed by atoms with van der Waals surface area (Å²) in [6.07, 6.45) is 0.842. The lowest BCUT2D eigenvalue weighted by molar-refractivity contribution is 0.297. The highest BCUT2D eigenvalue weighted by Gasteiger charge is 2.11. The van der Waals surface area contributed by atoms with Gasteiger partial charge in [0.05, 0.1) is 25.5 Å². The third kappa shape index (κ3) is 6.69. The average Bonchev–Trinajstić information content (AvgIpc) is 2.76. The van der Waals surface area contributed by atoms with Crippen molar-refractivity contribution >= 4 is 45.6 Å². The Labute approximate surface area is 159 Å². The van der Waals surface area contributed by atoms with Crippen molar-refractivity contribution in [3.05, 3.63) is 18.2 Å². The maximum absolute atomic E-state index is 11.3. The maximum atomic E-state index is 11.3. The molecule has 0 aromatic heterocycles. The zero-order chi connectivity index (χ0) is 16.7. The SMILES string of the molecule is CCS(=O)(=O)NCCN=C(N)Nc1ccc2c(c1)OCCCO2.I. The predicted molar refractivity (Wildman–Crippen MR) is 105 cm³/mol. The van der Waals surface area contributed by atoms with Crippen molar-refractivity contribution in [3.63, 3.8) is 0 Å². The minimum Gasteiger partial charge on any atom is -0.490 e. The molecule has 1 aliphatic heterocycles. The first kappa shape index (κ1) is 20.8. The van der Waals surface area contributed by atoms with Gasteiger partial charge in [-0.3, -0.25) is 4.99 Å². The highest BCUT2D eigenvalue weighted by atomic mass is 127. The fourth-order valence-corrected chi connectivity index (χ4v) is 2.51. The number of rotatable bonds is 6. The smallest absolute Gasteiger partial charge is 0.211 e. The molecule has 4 N–H and O–H groups in total. The van der Waals surface area contributed by atoms with Crippen LogP contribution in [0.5, 0.6) is 11.5 Å². The number of nitrogens with two attached hydrogens (primary N) is 1. The molecular formula is C14H23IN4O4S. The summed E-state index contributed by atoms with van der Waals surface area (Å²) in [5.41, 5.74) is 6.51. The van der Waals surface area contributed by atoms with Crippen LogP contribution in [0.3, 0.4) is 0 Å². The minimum atomic E-state index is -3.20. The second-order valence-electron chi connectivity index (χ2n) is 4.90. The van der Waals surface area contributed by atoms with Crippen LogP contribution in [0, 0.1) is 0 Å². The summed E-state index contributed by atoms with van der Waals surface area (Å²) in [6, 6.07) is 5.42. The summed E-state index contributed by atoms with van der Waals surface area (Å²) in [6.45, 7) is 3.28. The second kappa shape index (κ2) is 9.89. The van der Waals surface area contributed by atoms with Crippen molar-refractivity contribution in [3.8, 4) is 11.5 Å². The number of hydrogen-bond donors (Lipinski definition) is 3. The van der Waals surface area contributed by atoms with Crippen molar-refractivity contribution in [2.24, 2.45) is 10.7 Å². The van der Waals surface area contributed by atoms with Crippen LogP contribution < -0.4 is 25.2 Å². The summed E-state index contributed by atoms with van der Waals surface area (Å²) >= 11 is 0. The molecule has 0 saturated heterocycles. The highest BCUT2D eigenvalue weighted by Crippen LogP contribution is 2.32. The van der Waals surface area contributed by atoms with Crippen LogP contribution >= 0.6 is 24.0 Å². The van der Waals surface area contributed by atoms with Gasteiger partial charge in [0, 0.05) is 24.7 Å². The Kier molecular flexibility index (Phi) is 8.56. The molecule has 0 unspecified atom stereocenters. The van der Waals surface area contributed by atoms with Crippen LogP contribution in [0.4, 0.5) is 5.69 Å². The van der Waals surface area contributed by atoms with Gasteiger partial charge in [0.25, 0.3) is 0 Å². The van der Waals surface area contributed by atoms with Gasteiger partial charge in [-0.15, -0.1) is 24.0 Å². The second-order valence-corrected chi connectivity index (χ2v) is 7.00. The topological polar surface area (TPSA) is 115 Å². The predicted octanol–water partition coefficient (Wildman–Crippen LogP) is 1.13. The molecule has 24 heavy (non-hydrogen) atoms. The molecule has 0 spiro atoms. The van der Waals surface area contributed by atoms with E-state index in [1.54, 1.807) is 13.0 Å². The van der Waals surface area contributed by atoms with Crippen LogP contribution in [-0.2, 0) is 10.0 Å². The van der Waals surface area contributed by atoms with Gasteiger partial charge in [-0.2, -0.15) is 0 Å². The van der Waals surface area contributed by atoms with Crippen LogP contribution in [-0.4, -0.2) is 46.4 Å². The lowest BCUT2D eigenvalue weighted by Gasteiger charge is -2.10. The van der Waals surface area contributed by atoms with Crippen LogP contribution in [0.25, 0.3) is 0 Å². The van der Waals surface area contributed by atoms with Crippen molar-refractivity contribution in [2.45, 2.75) is 13.3 Å². The third-order valence-electron chi connectivity index (χ3n) is 3.12. The molecule has 0 atom stereocenters. The van der Waals surface area contributed by atoms with E-state index in [1.165, 1.54) is 0 Å². The average molecular weight is 470 g/mol. The largest absolute Gasteiger partial charge is 0.490 e. The Morgan fingerprint density at radius 3 is 2.71 bits per heavy atom. The van der Waals surface area contributed by atoms with Crippen LogP contribution in [0.2, 0.25) is 0 Å². The monoisotopic (exact) mass is 470 g/mol. The Morgan fingerprint density at radius 1 is 1.29 bits per heavy atom. The summed E-state index contributed by atoms with van der Waals surface area (Å²) in [5.74, 6) is 1.62. The molecule has 0 bridgehead atoms. The van der Waals surface area contributed by atoms with E-state index in [1.807, 2.05) is 12.1 Å². The number of benzene rings is 1. The quantitative estimate of drug-likeness (QED) is 0.249. The first-order chi connectivity index (χ1) is 11.0. The number of ether oxygens (including phenoxy) is 2. The number of anilines is 1. The molecule has 1 aliphatic rings. The summed E-state index contributed by atoms with van der Waals surface area (Å²) in [5, 5.41) is 2.94. The van der Waals surface area contributed by atoms with Crippen molar-refractivity contribution < 1.29 is 17.9 Å². The van der Waals surface area contributed by atoms with E-state index in [0.29, 0.717) is 24.7 Å². The number of aliphatic imine (C=N–C) groups is 1. The number of nitrogens with one attached hydrogen (secondary N) is 2. The lowest BCUT2D eigenvalue weighted by atomic mass is 10.3. The fraction of sp³-hybridized carbons (Fsp3) is 0.500. The molecule has 2 rings (SSSR count). The zero-order valence-corrected chi connectivity index (χ0v) is 16.6. The Morgan fingerprint density at radius 2 is 2.00 bits per heavy atom. The van der Waals surface area contributed by atoms with E-state index in [0.717, 1.165) is 12.1 Å².